The SMILES string of the molecule is CCCNC(=O)N1C(C(=O)N2CCNCC2)C(c2ccccc2)C(C(=O)c2ccccc2)C1c1ccc(C)cc1. The fourth-order valence-corrected chi connectivity index (χ4v) is 6.13. The van der Waals surface area contributed by atoms with Crippen LogP contribution in [0.3, 0.4) is 0 Å². The van der Waals surface area contributed by atoms with Gasteiger partial charge in [-0.3, -0.25) is 9.59 Å². The number of carbonyl (C=O) groups is 3. The number of nitrogens with zero attached hydrogens (tertiary/aromatic N) is 2. The number of amides is 3. The van der Waals surface area contributed by atoms with E-state index in [0.29, 0.717) is 38.3 Å². The van der Waals surface area contributed by atoms with Crippen molar-refractivity contribution < 1.29 is 14.4 Å². The van der Waals surface area contributed by atoms with E-state index in [1.165, 1.54) is 0 Å². The van der Waals surface area contributed by atoms with Crippen molar-refractivity contribution in [1.29, 1.82) is 0 Å². The molecular weight excluding hydrogens is 500 g/mol. The zero-order valence-corrected chi connectivity index (χ0v) is 23.3. The van der Waals surface area contributed by atoms with Crippen LogP contribution in [0, 0.1) is 12.8 Å². The van der Waals surface area contributed by atoms with Gasteiger partial charge in [0.05, 0.1) is 12.0 Å². The van der Waals surface area contributed by atoms with Gasteiger partial charge in [0.25, 0.3) is 0 Å². The lowest BCUT2D eigenvalue weighted by atomic mass is 9.76. The number of hydrogen-bond acceptors (Lipinski definition) is 4. The summed E-state index contributed by atoms with van der Waals surface area (Å²) in [6.45, 7) is 7.02. The van der Waals surface area contributed by atoms with Crippen molar-refractivity contribution in [2.24, 2.45) is 5.92 Å². The first-order valence-corrected chi connectivity index (χ1v) is 14.3. The Labute approximate surface area is 236 Å². The van der Waals surface area contributed by atoms with Gasteiger partial charge < -0.3 is 20.4 Å². The van der Waals surface area contributed by atoms with E-state index in [-0.39, 0.29) is 17.7 Å². The van der Waals surface area contributed by atoms with Crippen LogP contribution in [0.2, 0.25) is 0 Å². The third-order valence-corrected chi connectivity index (χ3v) is 8.07. The molecule has 7 nitrogen and oxygen atoms in total. The molecule has 0 saturated carbocycles. The number of piperazine rings is 1. The molecule has 2 aliphatic heterocycles. The first kappa shape index (κ1) is 27.6. The monoisotopic (exact) mass is 538 g/mol. The number of carbonyl (C=O) groups excluding carboxylic acids is 3. The van der Waals surface area contributed by atoms with Crippen LogP contribution in [0.4, 0.5) is 4.79 Å². The molecule has 3 aromatic rings. The normalized spacial score (nSPS) is 22.6. The number of nitrogens with one attached hydrogen (secondary N) is 2. The minimum absolute atomic E-state index is 0.0658. The van der Waals surface area contributed by atoms with E-state index < -0.39 is 23.9 Å². The molecule has 4 atom stereocenters. The van der Waals surface area contributed by atoms with Crippen LogP contribution >= 0.6 is 0 Å². The highest BCUT2D eigenvalue weighted by Gasteiger charge is 2.58. The fourth-order valence-electron chi connectivity index (χ4n) is 6.13. The maximum Gasteiger partial charge on any atom is 0.318 e. The summed E-state index contributed by atoms with van der Waals surface area (Å²) in [6, 6.07) is 25.2. The van der Waals surface area contributed by atoms with E-state index in [1.54, 1.807) is 4.90 Å². The summed E-state index contributed by atoms with van der Waals surface area (Å²) in [6.07, 6.45) is 0.764. The lowest BCUT2D eigenvalue weighted by Crippen LogP contribution is -2.56. The molecule has 3 aromatic carbocycles. The molecule has 40 heavy (non-hydrogen) atoms. The number of rotatable bonds is 7. The van der Waals surface area contributed by atoms with Crippen LogP contribution in [0.1, 0.15) is 52.4 Å². The molecule has 2 heterocycles. The predicted octanol–water partition coefficient (Wildman–Crippen LogP) is 4.55. The standard InChI is InChI=1S/C33H38N4O3/c1-3-18-35-33(40)37-29(25-16-14-23(2)15-17-25)28(31(38)26-12-8-5-9-13-26)27(24-10-6-4-7-11-24)30(37)32(39)36-21-19-34-20-22-36/h4-17,27-30,34H,3,18-22H2,1-2H3,(H,35,40). The Morgan fingerprint density at radius 3 is 2.10 bits per heavy atom. The second kappa shape index (κ2) is 12.5. The van der Waals surface area contributed by atoms with E-state index in [0.717, 1.165) is 23.1 Å². The highest BCUT2D eigenvalue weighted by atomic mass is 16.2. The van der Waals surface area contributed by atoms with Crippen LogP contribution in [-0.2, 0) is 4.79 Å². The zero-order chi connectivity index (χ0) is 28.1. The van der Waals surface area contributed by atoms with Gasteiger partial charge >= 0.3 is 6.03 Å². The molecule has 2 fully saturated rings. The first-order chi connectivity index (χ1) is 19.5. The van der Waals surface area contributed by atoms with Gasteiger partial charge in [-0.25, -0.2) is 4.79 Å². The lowest BCUT2D eigenvalue weighted by Gasteiger charge is -2.36. The molecule has 0 spiro atoms. The summed E-state index contributed by atoms with van der Waals surface area (Å²) in [7, 11) is 0. The maximum atomic E-state index is 14.5. The Kier molecular flexibility index (Phi) is 8.60. The second-order valence-electron chi connectivity index (χ2n) is 10.7. The number of likely N-dealkylation sites (tertiary alicyclic amines) is 1. The van der Waals surface area contributed by atoms with Crippen LogP contribution in [0.15, 0.2) is 84.9 Å². The summed E-state index contributed by atoms with van der Waals surface area (Å²) in [5.74, 6) is -1.35. The third-order valence-electron chi connectivity index (χ3n) is 8.07. The number of urea groups is 1. The molecule has 208 valence electrons. The predicted molar refractivity (Wildman–Crippen MR) is 156 cm³/mol. The summed E-state index contributed by atoms with van der Waals surface area (Å²) >= 11 is 0. The molecule has 0 radical (unpaired) electrons. The van der Waals surface area contributed by atoms with E-state index in [1.807, 2.05) is 104 Å². The van der Waals surface area contributed by atoms with Crippen LogP contribution in [0.5, 0.6) is 0 Å². The van der Waals surface area contributed by atoms with Crippen molar-refractivity contribution in [2.45, 2.75) is 38.3 Å². The van der Waals surface area contributed by atoms with Crippen molar-refractivity contribution in [3.05, 3.63) is 107 Å². The topological polar surface area (TPSA) is 81.8 Å². The van der Waals surface area contributed by atoms with Gasteiger partial charge in [-0.2, -0.15) is 0 Å². The Morgan fingerprint density at radius 1 is 0.850 bits per heavy atom. The van der Waals surface area contributed by atoms with Gasteiger partial charge in [0.1, 0.15) is 6.04 Å². The minimum Gasteiger partial charge on any atom is -0.338 e. The van der Waals surface area contributed by atoms with Crippen LogP contribution < -0.4 is 10.6 Å². The molecule has 0 aromatic heterocycles. The Morgan fingerprint density at radius 2 is 1.48 bits per heavy atom. The Balaban J connectivity index is 1.73. The summed E-state index contributed by atoms with van der Waals surface area (Å²) in [5.41, 5.74) is 3.40. The third kappa shape index (κ3) is 5.52. The Hall–Kier alpha value is -3.97. The van der Waals surface area contributed by atoms with Crippen molar-refractivity contribution in [3.8, 4) is 0 Å². The first-order valence-electron chi connectivity index (χ1n) is 14.3. The van der Waals surface area contributed by atoms with Crippen molar-refractivity contribution >= 4 is 17.7 Å². The van der Waals surface area contributed by atoms with Gasteiger partial charge in [0.15, 0.2) is 5.78 Å². The van der Waals surface area contributed by atoms with Crippen molar-refractivity contribution in [3.63, 3.8) is 0 Å². The zero-order valence-electron chi connectivity index (χ0n) is 23.3. The second-order valence-corrected chi connectivity index (χ2v) is 10.7. The highest BCUT2D eigenvalue weighted by Crippen LogP contribution is 2.51. The van der Waals surface area contributed by atoms with Crippen LogP contribution in [0.25, 0.3) is 0 Å². The molecular formula is C33H38N4O3. The number of ketones is 1. The van der Waals surface area contributed by atoms with Gasteiger partial charge in [0.2, 0.25) is 5.91 Å². The van der Waals surface area contributed by atoms with Gasteiger partial charge in [-0.05, 0) is 24.5 Å². The van der Waals surface area contributed by atoms with Gasteiger partial charge in [0, 0.05) is 44.2 Å². The molecule has 2 aliphatic rings. The molecule has 5 rings (SSSR count). The molecule has 4 unspecified atom stereocenters. The number of hydrogen-bond donors (Lipinski definition) is 2. The average Bonchev–Trinajstić information content (AvgIpc) is 3.37. The van der Waals surface area contributed by atoms with E-state index in [9.17, 15) is 14.4 Å². The molecule has 7 heteroatoms. The van der Waals surface area contributed by atoms with Crippen molar-refractivity contribution in [2.75, 3.05) is 32.7 Å². The number of aryl methyl sites for hydroxylation is 1. The molecule has 0 aliphatic carbocycles. The molecule has 2 saturated heterocycles. The molecule has 3 amide bonds. The fraction of sp³-hybridized carbons (Fsp3) is 0.364. The van der Waals surface area contributed by atoms with E-state index in [2.05, 4.69) is 10.6 Å². The number of Topliss-reactive ketones (excluding diaryl/α,β-unsaturated/α-hetero) is 1. The largest absolute Gasteiger partial charge is 0.338 e. The summed E-state index contributed by atoms with van der Waals surface area (Å²) in [4.78, 5) is 46.6. The maximum absolute atomic E-state index is 14.5. The van der Waals surface area contributed by atoms with Crippen molar-refractivity contribution in [1.82, 2.24) is 20.4 Å². The van der Waals surface area contributed by atoms with Gasteiger partial charge in [-0.15, -0.1) is 0 Å². The van der Waals surface area contributed by atoms with Crippen LogP contribution in [-0.4, -0.2) is 66.3 Å². The summed E-state index contributed by atoms with van der Waals surface area (Å²) in [5, 5.41) is 6.35. The van der Waals surface area contributed by atoms with E-state index >= 15 is 0 Å². The molecule has 2 N–H and O–H groups in total. The molecule has 0 bridgehead atoms. The quantitative estimate of drug-likeness (QED) is 0.433. The van der Waals surface area contributed by atoms with Gasteiger partial charge in [-0.1, -0.05) is 97.4 Å². The average molecular weight is 539 g/mol. The minimum atomic E-state index is -0.832. The smallest absolute Gasteiger partial charge is 0.318 e. The summed E-state index contributed by atoms with van der Waals surface area (Å²) < 4.78 is 0. The number of benzene rings is 3. The lowest BCUT2D eigenvalue weighted by molar-refractivity contribution is -0.136. The van der Waals surface area contributed by atoms with E-state index in [4.69, 9.17) is 0 Å². The highest BCUT2D eigenvalue weighted by molar-refractivity contribution is 6.01. The Bertz CT molecular complexity index is 1300.